The van der Waals surface area contributed by atoms with Gasteiger partial charge in [0, 0.05) is 25.5 Å². The van der Waals surface area contributed by atoms with Crippen molar-refractivity contribution in [2.24, 2.45) is 0 Å². The maximum absolute atomic E-state index is 12.4. The van der Waals surface area contributed by atoms with E-state index in [2.05, 4.69) is 15.3 Å². The first-order valence-corrected chi connectivity index (χ1v) is 8.71. The van der Waals surface area contributed by atoms with Gasteiger partial charge in [-0.15, -0.1) is 0 Å². The quantitative estimate of drug-likeness (QED) is 0.699. The first kappa shape index (κ1) is 18.4. The van der Waals surface area contributed by atoms with E-state index in [1.165, 1.54) is 0 Å². The van der Waals surface area contributed by atoms with E-state index in [1.54, 1.807) is 19.4 Å². The van der Waals surface area contributed by atoms with E-state index in [1.807, 2.05) is 66.5 Å². The fraction of sp³-hybridized carbons (Fsp3) is 0.190. The maximum atomic E-state index is 12.4. The van der Waals surface area contributed by atoms with Crippen LogP contribution < -0.4 is 15.0 Å². The molecule has 0 saturated carbocycles. The SMILES string of the molecule is COc1ccccc1CCNC(=O)c1ccnc(N(C)c2ccccc2)n1. The van der Waals surface area contributed by atoms with Gasteiger partial charge in [-0.25, -0.2) is 9.97 Å². The number of methoxy groups -OCH3 is 1. The molecule has 6 heteroatoms. The van der Waals surface area contributed by atoms with Gasteiger partial charge >= 0.3 is 0 Å². The van der Waals surface area contributed by atoms with Crippen LogP contribution in [0.4, 0.5) is 11.6 Å². The number of amides is 1. The summed E-state index contributed by atoms with van der Waals surface area (Å²) in [4.78, 5) is 22.9. The monoisotopic (exact) mass is 362 g/mol. The van der Waals surface area contributed by atoms with Gasteiger partial charge < -0.3 is 15.0 Å². The molecule has 138 valence electrons. The Bertz CT molecular complexity index is 899. The van der Waals surface area contributed by atoms with Crippen LogP contribution in [0.5, 0.6) is 5.75 Å². The highest BCUT2D eigenvalue weighted by Crippen LogP contribution is 2.19. The number of rotatable bonds is 7. The number of carbonyl (C=O) groups is 1. The van der Waals surface area contributed by atoms with Gasteiger partial charge in [0.15, 0.2) is 0 Å². The van der Waals surface area contributed by atoms with Gasteiger partial charge in [0.1, 0.15) is 11.4 Å². The summed E-state index contributed by atoms with van der Waals surface area (Å²) in [7, 11) is 3.51. The van der Waals surface area contributed by atoms with Gasteiger partial charge in [-0.3, -0.25) is 4.79 Å². The minimum atomic E-state index is -0.227. The molecule has 0 aliphatic carbocycles. The van der Waals surface area contributed by atoms with Gasteiger partial charge in [0.2, 0.25) is 5.95 Å². The standard InChI is InChI=1S/C21H22N4O2/c1-25(17-9-4-3-5-10-17)21-23-15-13-18(24-21)20(26)22-14-12-16-8-6-7-11-19(16)27-2/h3-11,13,15H,12,14H2,1-2H3,(H,22,26). The van der Waals surface area contributed by atoms with Gasteiger partial charge in [0.25, 0.3) is 5.91 Å². The molecule has 3 aromatic rings. The second kappa shape index (κ2) is 8.80. The molecule has 6 nitrogen and oxygen atoms in total. The van der Waals surface area contributed by atoms with Crippen molar-refractivity contribution in [3.63, 3.8) is 0 Å². The van der Waals surface area contributed by atoms with Gasteiger partial charge in [-0.05, 0) is 36.2 Å². The van der Waals surface area contributed by atoms with E-state index in [0.717, 1.165) is 17.0 Å². The Labute approximate surface area is 158 Å². The lowest BCUT2D eigenvalue weighted by Crippen LogP contribution is -2.27. The lowest BCUT2D eigenvalue weighted by atomic mass is 10.1. The molecule has 0 radical (unpaired) electrons. The normalized spacial score (nSPS) is 10.3. The van der Waals surface area contributed by atoms with Crippen LogP contribution >= 0.6 is 0 Å². The number of hydrogen-bond acceptors (Lipinski definition) is 5. The van der Waals surface area contributed by atoms with Crippen molar-refractivity contribution in [3.05, 3.63) is 78.1 Å². The zero-order valence-electron chi connectivity index (χ0n) is 15.4. The van der Waals surface area contributed by atoms with Crippen molar-refractivity contribution in [1.82, 2.24) is 15.3 Å². The highest BCUT2D eigenvalue weighted by molar-refractivity contribution is 5.92. The van der Waals surface area contributed by atoms with Crippen molar-refractivity contribution in [3.8, 4) is 5.75 Å². The largest absolute Gasteiger partial charge is 0.496 e. The molecule has 3 rings (SSSR count). The minimum absolute atomic E-state index is 0.227. The molecule has 0 bridgehead atoms. The highest BCUT2D eigenvalue weighted by Gasteiger charge is 2.12. The summed E-state index contributed by atoms with van der Waals surface area (Å²) in [6, 6.07) is 19.1. The Kier molecular flexibility index (Phi) is 5.99. The average Bonchev–Trinajstić information content (AvgIpc) is 2.74. The average molecular weight is 362 g/mol. The molecule has 1 amide bonds. The number of carbonyl (C=O) groups excluding carboxylic acids is 1. The molecule has 1 aromatic heterocycles. The van der Waals surface area contributed by atoms with Gasteiger partial charge in [-0.2, -0.15) is 0 Å². The number of nitrogens with one attached hydrogen (secondary N) is 1. The molecule has 0 aliphatic heterocycles. The van der Waals surface area contributed by atoms with E-state index < -0.39 is 0 Å². The van der Waals surface area contributed by atoms with Crippen molar-refractivity contribution in [1.29, 1.82) is 0 Å². The van der Waals surface area contributed by atoms with Crippen molar-refractivity contribution >= 4 is 17.5 Å². The number of para-hydroxylation sites is 2. The predicted molar refractivity (Wildman–Crippen MR) is 106 cm³/mol. The van der Waals surface area contributed by atoms with Crippen LogP contribution in [0.1, 0.15) is 16.1 Å². The van der Waals surface area contributed by atoms with Gasteiger partial charge in [0.05, 0.1) is 7.11 Å². The topological polar surface area (TPSA) is 67.3 Å². The zero-order valence-corrected chi connectivity index (χ0v) is 15.4. The Balaban J connectivity index is 1.63. The number of hydrogen-bond donors (Lipinski definition) is 1. The molecule has 0 unspecified atom stereocenters. The van der Waals surface area contributed by atoms with E-state index in [4.69, 9.17) is 4.74 Å². The summed E-state index contributed by atoms with van der Waals surface area (Å²) in [6.45, 7) is 0.493. The molecule has 0 aliphatic rings. The number of aromatic nitrogens is 2. The molecule has 1 N–H and O–H groups in total. The van der Waals surface area contributed by atoms with Crippen LogP contribution in [-0.2, 0) is 6.42 Å². The first-order valence-electron chi connectivity index (χ1n) is 8.71. The summed E-state index contributed by atoms with van der Waals surface area (Å²) in [5.74, 6) is 1.06. The lowest BCUT2D eigenvalue weighted by molar-refractivity contribution is 0.0949. The smallest absolute Gasteiger partial charge is 0.270 e. The number of ether oxygens (including phenoxy) is 1. The van der Waals surface area contributed by atoms with E-state index in [-0.39, 0.29) is 5.91 Å². The van der Waals surface area contributed by atoms with Crippen molar-refractivity contribution in [2.45, 2.75) is 6.42 Å². The summed E-state index contributed by atoms with van der Waals surface area (Å²) in [5, 5.41) is 2.90. The van der Waals surface area contributed by atoms with Gasteiger partial charge in [-0.1, -0.05) is 36.4 Å². The minimum Gasteiger partial charge on any atom is -0.496 e. The molecule has 0 spiro atoms. The van der Waals surface area contributed by atoms with Crippen LogP contribution in [0.25, 0.3) is 0 Å². The molecular weight excluding hydrogens is 340 g/mol. The van der Waals surface area contributed by atoms with Crippen LogP contribution in [0.2, 0.25) is 0 Å². The molecule has 2 aromatic carbocycles. The lowest BCUT2D eigenvalue weighted by Gasteiger charge is -2.17. The van der Waals surface area contributed by atoms with Crippen LogP contribution in [0.15, 0.2) is 66.9 Å². The molecule has 0 atom stereocenters. The fourth-order valence-corrected chi connectivity index (χ4v) is 2.71. The maximum Gasteiger partial charge on any atom is 0.270 e. The van der Waals surface area contributed by atoms with E-state index in [0.29, 0.717) is 24.6 Å². The second-order valence-electron chi connectivity index (χ2n) is 5.95. The third-order valence-electron chi connectivity index (χ3n) is 4.19. The zero-order chi connectivity index (χ0) is 19.1. The molecule has 1 heterocycles. The summed E-state index contributed by atoms with van der Waals surface area (Å²) >= 11 is 0. The Morgan fingerprint density at radius 1 is 1.07 bits per heavy atom. The van der Waals surface area contributed by atoms with Crippen LogP contribution in [0, 0.1) is 0 Å². The number of anilines is 2. The summed E-state index contributed by atoms with van der Waals surface area (Å²) < 4.78 is 5.33. The van der Waals surface area contributed by atoms with E-state index in [9.17, 15) is 4.79 Å². The second-order valence-corrected chi connectivity index (χ2v) is 5.95. The van der Waals surface area contributed by atoms with Crippen molar-refractivity contribution < 1.29 is 9.53 Å². The third kappa shape index (κ3) is 4.61. The molecular formula is C21H22N4O2. The predicted octanol–water partition coefficient (Wildman–Crippen LogP) is 3.23. The van der Waals surface area contributed by atoms with E-state index >= 15 is 0 Å². The molecule has 0 fully saturated rings. The number of benzene rings is 2. The molecule has 0 saturated heterocycles. The first-order chi connectivity index (χ1) is 13.2. The van der Waals surface area contributed by atoms with Crippen LogP contribution in [-0.4, -0.2) is 36.6 Å². The third-order valence-corrected chi connectivity index (χ3v) is 4.19. The molecule has 27 heavy (non-hydrogen) atoms. The van der Waals surface area contributed by atoms with Crippen molar-refractivity contribution in [2.75, 3.05) is 25.6 Å². The highest BCUT2D eigenvalue weighted by atomic mass is 16.5. The van der Waals surface area contributed by atoms with Crippen LogP contribution in [0.3, 0.4) is 0 Å². The Morgan fingerprint density at radius 3 is 2.59 bits per heavy atom. The number of nitrogens with zero attached hydrogens (tertiary/aromatic N) is 3. The fourth-order valence-electron chi connectivity index (χ4n) is 2.71. The Hall–Kier alpha value is -3.41. The summed E-state index contributed by atoms with van der Waals surface area (Å²) in [5.41, 5.74) is 2.33. The Morgan fingerprint density at radius 2 is 1.81 bits per heavy atom. The summed E-state index contributed by atoms with van der Waals surface area (Å²) in [6.07, 6.45) is 2.27.